The minimum Gasteiger partial charge on any atom is -0.494 e. The average molecular weight is 258 g/mol. The normalized spacial score (nSPS) is 10.1. The summed E-state index contributed by atoms with van der Waals surface area (Å²) in [6.07, 6.45) is 1.55. The number of nitrogens with one attached hydrogen (secondary N) is 1. The lowest BCUT2D eigenvalue weighted by Crippen LogP contribution is -2.11. The summed E-state index contributed by atoms with van der Waals surface area (Å²) in [6, 6.07) is 9.68. The van der Waals surface area contributed by atoms with Crippen molar-refractivity contribution >= 4 is 17.3 Å². The van der Waals surface area contributed by atoms with Crippen molar-refractivity contribution in [1.29, 1.82) is 0 Å². The van der Waals surface area contributed by atoms with E-state index in [-0.39, 0.29) is 0 Å². The largest absolute Gasteiger partial charge is 0.494 e. The van der Waals surface area contributed by atoms with Gasteiger partial charge in [-0.1, -0.05) is 0 Å². The second-order valence-electron chi connectivity index (χ2n) is 4.24. The summed E-state index contributed by atoms with van der Waals surface area (Å²) < 4.78 is 5.40. The molecule has 1 N–H and O–H groups in total. The van der Waals surface area contributed by atoms with Gasteiger partial charge >= 0.3 is 0 Å². The minimum absolute atomic E-state index is 0.672. The molecule has 0 saturated heterocycles. The van der Waals surface area contributed by atoms with E-state index in [1.807, 2.05) is 56.3 Å². The van der Waals surface area contributed by atoms with Gasteiger partial charge in [-0.25, -0.2) is 9.97 Å². The summed E-state index contributed by atoms with van der Waals surface area (Å²) in [5, 5.41) is 3.24. The van der Waals surface area contributed by atoms with Gasteiger partial charge in [-0.15, -0.1) is 0 Å². The molecule has 100 valence electrons. The van der Waals surface area contributed by atoms with E-state index in [4.69, 9.17) is 4.74 Å². The first-order chi connectivity index (χ1) is 9.19. The van der Waals surface area contributed by atoms with Crippen LogP contribution < -0.4 is 15.0 Å². The van der Waals surface area contributed by atoms with Gasteiger partial charge < -0.3 is 15.0 Å². The van der Waals surface area contributed by atoms with Crippen molar-refractivity contribution in [3.63, 3.8) is 0 Å². The van der Waals surface area contributed by atoms with Crippen LogP contribution in [0.25, 0.3) is 0 Å². The summed E-state index contributed by atoms with van der Waals surface area (Å²) in [5.74, 6) is 2.50. The molecule has 0 aliphatic rings. The Balaban J connectivity index is 2.10. The van der Waals surface area contributed by atoms with Crippen LogP contribution in [0.2, 0.25) is 0 Å². The van der Waals surface area contributed by atoms with Crippen LogP contribution in [0.15, 0.2) is 36.7 Å². The fraction of sp³-hybridized carbons (Fsp3) is 0.286. The summed E-state index contributed by atoms with van der Waals surface area (Å²) >= 11 is 0. The SMILES string of the molecule is CCOc1ccc(Nc2cc(N(C)C)ncn2)cc1. The van der Waals surface area contributed by atoms with Crippen LogP contribution in [0.4, 0.5) is 17.3 Å². The first-order valence-corrected chi connectivity index (χ1v) is 6.18. The smallest absolute Gasteiger partial charge is 0.135 e. The molecule has 0 bridgehead atoms. The molecule has 0 aliphatic heterocycles. The molecule has 0 spiro atoms. The molecule has 19 heavy (non-hydrogen) atoms. The topological polar surface area (TPSA) is 50.3 Å². The van der Waals surface area contributed by atoms with Crippen molar-refractivity contribution in [3.8, 4) is 5.75 Å². The Labute approximate surface area is 113 Å². The van der Waals surface area contributed by atoms with Gasteiger partial charge in [0, 0.05) is 25.8 Å². The highest BCUT2D eigenvalue weighted by atomic mass is 16.5. The van der Waals surface area contributed by atoms with Gasteiger partial charge in [0.1, 0.15) is 23.7 Å². The fourth-order valence-corrected chi connectivity index (χ4v) is 1.61. The second kappa shape index (κ2) is 6.04. The van der Waals surface area contributed by atoms with Crippen LogP contribution in [0, 0.1) is 0 Å². The van der Waals surface area contributed by atoms with E-state index in [1.54, 1.807) is 6.33 Å². The molecule has 0 aliphatic carbocycles. The van der Waals surface area contributed by atoms with Crippen molar-refractivity contribution in [2.24, 2.45) is 0 Å². The molecule has 1 aromatic carbocycles. The van der Waals surface area contributed by atoms with E-state index in [2.05, 4.69) is 15.3 Å². The number of nitrogens with zero attached hydrogens (tertiary/aromatic N) is 3. The average Bonchev–Trinajstić information content (AvgIpc) is 2.42. The fourth-order valence-electron chi connectivity index (χ4n) is 1.61. The Morgan fingerprint density at radius 2 is 1.89 bits per heavy atom. The maximum Gasteiger partial charge on any atom is 0.135 e. The van der Waals surface area contributed by atoms with E-state index in [9.17, 15) is 0 Å². The molecule has 5 heteroatoms. The van der Waals surface area contributed by atoms with Gasteiger partial charge in [0.25, 0.3) is 0 Å². The highest BCUT2D eigenvalue weighted by Gasteiger charge is 2.01. The van der Waals surface area contributed by atoms with Crippen molar-refractivity contribution in [2.45, 2.75) is 6.92 Å². The molecular formula is C14H18N4O. The third-order valence-corrected chi connectivity index (χ3v) is 2.55. The predicted octanol–water partition coefficient (Wildman–Crippen LogP) is 2.68. The number of hydrogen-bond acceptors (Lipinski definition) is 5. The van der Waals surface area contributed by atoms with Gasteiger partial charge in [-0.3, -0.25) is 0 Å². The molecule has 1 heterocycles. The van der Waals surface area contributed by atoms with E-state index < -0.39 is 0 Å². The second-order valence-corrected chi connectivity index (χ2v) is 4.24. The Morgan fingerprint density at radius 3 is 2.53 bits per heavy atom. The molecule has 0 fully saturated rings. The summed E-state index contributed by atoms with van der Waals surface area (Å²) in [6.45, 7) is 2.64. The Bertz CT molecular complexity index is 525. The van der Waals surface area contributed by atoms with Crippen molar-refractivity contribution < 1.29 is 4.74 Å². The van der Waals surface area contributed by atoms with E-state index in [0.717, 1.165) is 23.1 Å². The van der Waals surface area contributed by atoms with Gasteiger partial charge in [-0.2, -0.15) is 0 Å². The van der Waals surface area contributed by atoms with Gasteiger partial charge in [0.2, 0.25) is 0 Å². The van der Waals surface area contributed by atoms with Gasteiger partial charge in [0.15, 0.2) is 0 Å². The maximum atomic E-state index is 5.40. The van der Waals surface area contributed by atoms with Gasteiger partial charge in [-0.05, 0) is 31.2 Å². The number of hydrogen-bond donors (Lipinski definition) is 1. The molecule has 0 amide bonds. The molecular weight excluding hydrogens is 240 g/mol. The third-order valence-electron chi connectivity index (χ3n) is 2.55. The number of anilines is 3. The zero-order chi connectivity index (χ0) is 13.7. The van der Waals surface area contributed by atoms with Crippen molar-refractivity contribution in [3.05, 3.63) is 36.7 Å². The Morgan fingerprint density at radius 1 is 1.16 bits per heavy atom. The lowest BCUT2D eigenvalue weighted by Gasteiger charge is -2.12. The minimum atomic E-state index is 0.672. The Hall–Kier alpha value is -2.30. The Kier molecular flexibility index (Phi) is 4.18. The molecule has 2 rings (SSSR count). The quantitative estimate of drug-likeness (QED) is 0.893. The molecule has 5 nitrogen and oxygen atoms in total. The molecule has 0 radical (unpaired) electrons. The van der Waals surface area contributed by atoms with E-state index >= 15 is 0 Å². The third kappa shape index (κ3) is 3.58. The summed E-state index contributed by atoms with van der Waals surface area (Å²) in [5.41, 5.74) is 0.965. The lowest BCUT2D eigenvalue weighted by atomic mass is 10.3. The monoisotopic (exact) mass is 258 g/mol. The number of aromatic nitrogens is 2. The van der Waals surface area contributed by atoms with Gasteiger partial charge in [0.05, 0.1) is 6.61 Å². The van der Waals surface area contributed by atoms with Crippen LogP contribution in [-0.2, 0) is 0 Å². The van der Waals surface area contributed by atoms with Crippen molar-refractivity contribution in [1.82, 2.24) is 9.97 Å². The van der Waals surface area contributed by atoms with E-state index in [1.165, 1.54) is 0 Å². The summed E-state index contributed by atoms with van der Waals surface area (Å²) in [4.78, 5) is 10.3. The number of rotatable bonds is 5. The number of ether oxygens (including phenoxy) is 1. The highest BCUT2D eigenvalue weighted by Crippen LogP contribution is 2.20. The van der Waals surface area contributed by atoms with E-state index in [0.29, 0.717) is 6.61 Å². The first-order valence-electron chi connectivity index (χ1n) is 6.18. The standard InChI is InChI=1S/C14H18N4O/c1-4-19-12-7-5-11(6-8-12)17-13-9-14(18(2)3)16-10-15-13/h5-10H,4H2,1-3H3,(H,15,16,17). The molecule has 0 atom stereocenters. The van der Waals surface area contributed by atoms with Crippen LogP contribution in [0.5, 0.6) is 5.75 Å². The van der Waals surface area contributed by atoms with Crippen LogP contribution >= 0.6 is 0 Å². The number of benzene rings is 1. The zero-order valence-corrected chi connectivity index (χ0v) is 11.4. The molecule has 0 saturated carbocycles. The van der Waals surface area contributed by atoms with Crippen molar-refractivity contribution in [2.75, 3.05) is 30.9 Å². The van der Waals surface area contributed by atoms with Crippen LogP contribution in [0.3, 0.4) is 0 Å². The molecule has 2 aromatic rings. The molecule has 0 unspecified atom stereocenters. The first kappa shape index (κ1) is 13.1. The predicted molar refractivity (Wildman–Crippen MR) is 77.3 cm³/mol. The van der Waals surface area contributed by atoms with Crippen LogP contribution in [-0.4, -0.2) is 30.7 Å². The van der Waals surface area contributed by atoms with Crippen LogP contribution in [0.1, 0.15) is 6.92 Å². The summed E-state index contributed by atoms with van der Waals surface area (Å²) in [7, 11) is 3.89. The highest BCUT2D eigenvalue weighted by molar-refractivity contribution is 5.59. The lowest BCUT2D eigenvalue weighted by molar-refractivity contribution is 0.340. The zero-order valence-electron chi connectivity index (χ0n) is 11.4. The molecule has 1 aromatic heterocycles. The maximum absolute atomic E-state index is 5.40.